The molecule has 8 nitrogen and oxygen atoms in total. The molecular formula is C24H24N4O4. The van der Waals surface area contributed by atoms with Crippen LogP contribution in [-0.4, -0.2) is 66.1 Å². The van der Waals surface area contributed by atoms with Crippen molar-refractivity contribution in [3.8, 4) is 5.75 Å². The van der Waals surface area contributed by atoms with Crippen molar-refractivity contribution in [2.45, 2.75) is 6.42 Å². The van der Waals surface area contributed by atoms with E-state index < -0.39 is 23.8 Å². The summed E-state index contributed by atoms with van der Waals surface area (Å²) in [4.78, 5) is 47.9. The second-order valence-electron chi connectivity index (χ2n) is 7.62. The topological polar surface area (TPSA) is 95.1 Å². The number of methoxy groups -OCH3 is 1. The van der Waals surface area contributed by atoms with Gasteiger partial charge in [0, 0.05) is 37.7 Å². The van der Waals surface area contributed by atoms with Crippen molar-refractivity contribution in [1.82, 2.24) is 14.8 Å². The third-order valence-corrected chi connectivity index (χ3v) is 5.73. The molecule has 2 aromatic carbocycles. The lowest BCUT2D eigenvalue weighted by molar-refractivity contribution is -0.144. The number of nitrogens with zero attached hydrogens (tertiary/aromatic N) is 3. The molecule has 32 heavy (non-hydrogen) atoms. The van der Waals surface area contributed by atoms with Crippen molar-refractivity contribution in [2.24, 2.45) is 10.9 Å². The number of amides is 4. The maximum absolute atomic E-state index is 12.9. The lowest BCUT2D eigenvalue weighted by Crippen LogP contribution is -2.59. The fourth-order valence-corrected chi connectivity index (χ4v) is 3.89. The van der Waals surface area contributed by atoms with Crippen LogP contribution in [0.15, 0.2) is 59.7 Å². The highest BCUT2D eigenvalue weighted by Crippen LogP contribution is 2.23. The van der Waals surface area contributed by atoms with Crippen molar-refractivity contribution in [3.63, 3.8) is 0 Å². The summed E-state index contributed by atoms with van der Waals surface area (Å²) in [7, 11) is 4.31. The van der Waals surface area contributed by atoms with Gasteiger partial charge in [-0.1, -0.05) is 18.2 Å². The standard InChI is InChI=1S/C24H24N4O4/c1-27-22(29)20(23(30)28(2)24(27)31)21(15-8-10-17(32-3)11-9-15)25-13-12-16-14-26-19-7-5-4-6-18(16)19/h4-11,14,20,26H,12-13H2,1-3H3. The molecule has 2 heterocycles. The van der Waals surface area contributed by atoms with E-state index in [2.05, 4.69) is 4.98 Å². The predicted molar refractivity (Wildman–Crippen MR) is 121 cm³/mol. The molecular weight excluding hydrogens is 408 g/mol. The lowest BCUT2D eigenvalue weighted by Gasteiger charge is -2.33. The highest BCUT2D eigenvalue weighted by Gasteiger charge is 2.45. The minimum Gasteiger partial charge on any atom is -0.497 e. The highest BCUT2D eigenvalue weighted by atomic mass is 16.5. The molecule has 1 aromatic heterocycles. The molecule has 0 aliphatic carbocycles. The predicted octanol–water partition coefficient (Wildman–Crippen LogP) is 2.87. The normalized spacial score (nSPS) is 15.7. The van der Waals surface area contributed by atoms with E-state index in [9.17, 15) is 14.4 Å². The number of H-pyrrole nitrogens is 1. The number of ether oxygens (including phenoxy) is 1. The number of barbiturate groups is 1. The van der Waals surface area contributed by atoms with Crippen LogP contribution in [0.1, 0.15) is 11.1 Å². The maximum Gasteiger partial charge on any atom is 0.332 e. The van der Waals surface area contributed by atoms with Gasteiger partial charge in [-0.05, 0) is 47.9 Å². The summed E-state index contributed by atoms with van der Waals surface area (Å²) < 4.78 is 5.22. The van der Waals surface area contributed by atoms with Crippen molar-refractivity contribution in [3.05, 3.63) is 65.9 Å². The van der Waals surface area contributed by atoms with Gasteiger partial charge in [0.05, 0.1) is 12.8 Å². The van der Waals surface area contributed by atoms with Crippen LogP contribution in [-0.2, 0) is 16.0 Å². The van der Waals surface area contributed by atoms with Crippen LogP contribution in [0.25, 0.3) is 10.9 Å². The molecule has 0 unspecified atom stereocenters. The molecule has 1 N–H and O–H groups in total. The first-order chi connectivity index (χ1) is 15.4. The summed E-state index contributed by atoms with van der Waals surface area (Å²) in [6.45, 7) is 0.377. The van der Waals surface area contributed by atoms with Crippen molar-refractivity contribution < 1.29 is 19.1 Å². The van der Waals surface area contributed by atoms with E-state index in [1.54, 1.807) is 31.4 Å². The van der Waals surface area contributed by atoms with Crippen LogP contribution >= 0.6 is 0 Å². The number of hydrogen-bond donors (Lipinski definition) is 1. The minimum absolute atomic E-state index is 0.341. The van der Waals surface area contributed by atoms with Crippen LogP contribution in [0.4, 0.5) is 4.79 Å². The molecule has 0 saturated carbocycles. The molecule has 1 fully saturated rings. The van der Waals surface area contributed by atoms with Gasteiger partial charge in [0.1, 0.15) is 5.75 Å². The Morgan fingerprint density at radius 3 is 2.31 bits per heavy atom. The van der Waals surface area contributed by atoms with Crippen LogP contribution in [0.5, 0.6) is 5.75 Å². The van der Waals surface area contributed by atoms with Crippen LogP contribution in [0.3, 0.4) is 0 Å². The summed E-state index contributed by atoms with van der Waals surface area (Å²) in [6.07, 6.45) is 2.58. The third-order valence-electron chi connectivity index (χ3n) is 5.73. The van der Waals surface area contributed by atoms with E-state index in [1.165, 1.54) is 14.1 Å². The molecule has 1 aliphatic rings. The van der Waals surface area contributed by atoms with Gasteiger partial charge >= 0.3 is 6.03 Å². The van der Waals surface area contributed by atoms with Gasteiger partial charge in [-0.2, -0.15) is 0 Å². The van der Waals surface area contributed by atoms with Crippen molar-refractivity contribution in [2.75, 3.05) is 27.7 Å². The van der Waals surface area contributed by atoms with Crippen molar-refractivity contribution >= 4 is 34.5 Å². The number of nitrogens with one attached hydrogen (secondary N) is 1. The average Bonchev–Trinajstić information content (AvgIpc) is 3.24. The van der Waals surface area contributed by atoms with Crippen molar-refractivity contribution in [1.29, 1.82) is 0 Å². The Labute approximate surface area is 185 Å². The van der Waals surface area contributed by atoms with Crippen LogP contribution in [0.2, 0.25) is 0 Å². The van der Waals surface area contributed by atoms with E-state index in [0.717, 1.165) is 26.3 Å². The number of aromatic nitrogens is 1. The Hall–Kier alpha value is -3.94. The molecule has 8 heteroatoms. The fraction of sp³-hybridized carbons (Fsp3) is 0.250. The number of carbonyl (C=O) groups is 3. The fourth-order valence-electron chi connectivity index (χ4n) is 3.89. The number of hydrogen-bond acceptors (Lipinski definition) is 5. The lowest BCUT2D eigenvalue weighted by atomic mass is 9.92. The Kier molecular flexibility index (Phi) is 5.77. The van der Waals surface area contributed by atoms with Gasteiger partial charge in [-0.3, -0.25) is 24.4 Å². The largest absolute Gasteiger partial charge is 0.497 e. The second-order valence-corrected chi connectivity index (χ2v) is 7.62. The second kappa shape index (κ2) is 8.66. The molecule has 0 radical (unpaired) electrons. The smallest absolute Gasteiger partial charge is 0.332 e. The molecule has 0 atom stereocenters. The third kappa shape index (κ3) is 3.75. The molecule has 3 aromatic rings. The van der Waals surface area contributed by atoms with Gasteiger partial charge in [-0.15, -0.1) is 0 Å². The summed E-state index contributed by atoms with van der Waals surface area (Å²) >= 11 is 0. The number of urea groups is 1. The number of imide groups is 2. The molecule has 164 valence electrons. The Bertz CT molecular complexity index is 1190. The van der Waals surface area contributed by atoms with Gasteiger partial charge in [0.2, 0.25) is 11.8 Å². The van der Waals surface area contributed by atoms with Gasteiger partial charge in [0.25, 0.3) is 0 Å². The summed E-state index contributed by atoms with van der Waals surface area (Å²) in [5.74, 6) is -1.70. The number of para-hydroxylation sites is 1. The van der Waals surface area contributed by atoms with E-state index in [-0.39, 0.29) is 0 Å². The highest BCUT2D eigenvalue weighted by molar-refractivity contribution is 6.30. The Morgan fingerprint density at radius 2 is 1.66 bits per heavy atom. The Balaban J connectivity index is 1.69. The number of aromatic amines is 1. The number of benzene rings is 2. The first-order valence-corrected chi connectivity index (χ1v) is 10.2. The van der Waals surface area contributed by atoms with E-state index >= 15 is 0 Å². The van der Waals surface area contributed by atoms with Gasteiger partial charge < -0.3 is 9.72 Å². The quantitative estimate of drug-likeness (QED) is 0.479. The Morgan fingerprint density at radius 1 is 1.00 bits per heavy atom. The molecule has 4 rings (SSSR count). The zero-order chi connectivity index (χ0) is 22.8. The van der Waals surface area contributed by atoms with Gasteiger partial charge in [0.15, 0.2) is 5.92 Å². The van der Waals surface area contributed by atoms with Crippen LogP contribution < -0.4 is 4.74 Å². The first-order valence-electron chi connectivity index (χ1n) is 10.2. The summed E-state index contributed by atoms with van der Waals surface area (Å²) in [6, 6.07) is 14.4. The summed E-state index contributed by atoms with van der Waals surface area (Å²) in [5, 5.41) is 1.11. The summed E-state index contributed by atoms with van der Waals surface area (Å²) in [5.41, 5.74) is 3.12. The zero-order valence-electron chi connectivity index (χ0n) is 18.2. The van der Waals surface area contributed by atoms with Gasteiger partial charge in [-0.25, -0.2) is 4.79 Å². The zero-order valence-corrected chi connectivity index (χ0v) is 18.2. The molecule has 1 saturated heterocycles. The van der Waals surface area contributed by atoms with Crippen LogP contribution in [0, 0.1) is 5.92 Å². The number of aliphatic imine (C=N–C) groups is 1. The molecule has 0 spiro atoms. The first kappa shape index (κ1) is 21.3. The minimum atomic E-state index is -1.18. The maximum atomic E-state index is 12.9. The monoisotopic (exact) mass is 432 g/mol. The number of carbonyl (C=O) groups excluding carboxylic acids is 3. The van der Waals surface area contributed by atoms with E-state index in [4.69, 9.17) is 9.73 Å². The molecule has 0 bridgehead atoms. The molecule has 1 aliphatic heterocycles. The number of fused-ring (bicyclic) bond motifs is 1. The molecule has 4 amide bonds. The SMILES string of the molecule is COc1ccc(C(=NCCc2c[nH]c3ccccc23)C2C(=O)N(C)C(=O)N(C)C2=O)cc1. The van der Waals surface area contributed by atoms with E-state index in [1.807, 2.05) is 30.5 Å². The van der Waals surface area contributed by atoms with E-state index in [0.29, 0.717) is 30.0 Å². The number of rotatable bonds is 6. The average molecular weight is 432 g/mol.